The lowest BCUT2D eigenvalue weighted by Crippen LogP contribution is -2.64. The van der Waals surface area contributed by atoms with Crippen molar-refractivity contribution in [2.45, 2.75) is 109 Å². The highest BCUT2D eigenvalue weighted by molar-refractivity contribution is 5.69. The van der Waals surface area contributed by atoms with Gasteiger partial charge in [0, 0.05) is 41.0 Å². The van der Waals surface area contributed by atoms with Gasteiger partial charge in [0.15, 0.2) is 24.6 Å². The van der Waals surface area contributed by atoms with Crippen molar-refractivity contribution < 1.29 is 72.1 Å². The summed E-state index contributed by atoms with van der Waals surface area (Å²) in [5.74, 6) is -3.67. The summed E-state index contributed by atoms with van der Waals surface area (Å²) in [4.78, 5) is 59.6. The first-order valence-electron chi connectivity index (χ1n) is 14.3. The molecule has 45 heavy (non-hydrogen) atoms. The van der Waals surface area contributed by atoms with Crippen molar-refractivity contribution in [3.63, 3.8) is 0 Å². The van der Waals surface area contributed by atoms with Gasteiger partial charge in [-0.05, 0) is 24.6 Å². The highest BCUT2D eigenvalue weighted by Crippen LogP contribution is 2.35. The Labute approximate surface area is 260 Å². The first-order chi connectivity index (χ1) is 21.1. The SMILES string of the molecule is CC(=O)OCC1CC(OC2OC(COC(C)=O)C(OC(C)=O)C(OC(C)=O)C2OC(C)=O)C(O)C(C2=CC=CC(C)(O)C=C2)O1. The Morgan fingerprint density at radius 3 is 2.00 bits per heavy atom. The summed E-state index contributed by atoms with van der Waals surface area (Å²) in [6.07, 6.45) is -3.76. The fourth-order valence-electron chi connectivity index (χ4n) is 5.06. The Bertz CT molecular complexity index is 1200. The van der Waals surface area contributed by atoms with Crippen LogP contribution in [-0.4, -0.2) is 114 Å². The van der Waals surface area contributed by atoms with E-state index in [2.05, 4.69) is 0 Å². The lowest BCUT2D eigenvalue weighted by molar-refractivity contribution is -0.330. The third-order valence-corrected chi connectivity index (χ3v) is 6.92. The highest BCUT2D eigenvalue weighted by Gasteiger charge is 2.54. The molecular weight excluding hydrogens is 600 g/mol. The number of allylic oxidation sites excluding steroid dienone is 2. The van der Waals surface area contributed by atoms with Crippen LogP contribution >= 0.6 is 0 Å². The second-order valence-electron chi connectivity index (χ2n) is 11.0. The molecule has 0 saturated carbocycles. The standard InChI is InChI=1S/C30H40O15/c1-15(31)38-13-21-12-22(24(36)25(43-21)20-8-7-10-30(6,37)11-9-20)44-29-28(42-19(5)35)27(41-18(4)34)26(40-17(3)33)23(45-29)14-39-16(2)32/h7-11,21-29,36-37H,12-14H2,1-6H3. The molecule has 0 aromatic carbocycles. The Morgan fingerprint density at radius 1 is 0.822 bits per heavy atom. The Morgan fingerprint density at radius 2 is 1.40 bits per heavy atom. The summed E-state index contributed by atoms with van der Waals surface area (Å²) in [5, 5.41) is 21.9. The van der Waals surface area contributed by atoms with Crippen LogP contribution in [-0.2, 0) is 61.9 Å². The molecule has 10 atom stereocenters. The zero-order valence-corrected chi connectivity index (χ0v) is 25.9. The first-order valence-corrected chi connectivity index (χ1v) is 14.3. The molecule has 3 aliphatic rings. The van der Waals surface area contributed by atoms with Gasteiger partial charge in [-0.2, -0.15) is 0 Å². The van der Waals surface area contributed by atoms with E-state index in [9.17, 15) is 34.2 Å². The molecule has 0 amide bonds. The van der Waals surface area contributed by atoms with Crippen LogP contribution in [0.5, 0.6) is 0 Å². The lowest BCUT2D eigenvalue weighted by atomic mass is 9.91. The van der Waals surface area contributed by atoms with E-state index in [-0.39, 0.29) is 13.0 Å². The maximum absolute atomic E-state index is 12.2. The number of esters is 5. The fourth-order valence-corrected chi connectivity index (χ4v) is 5.06. The van der Waals surface area contributed by atoms with Crippen LogP contribution in [0.1, 0.15) is 48.0 Å². The molecule has 10 unspecified atom stereocenters. The van der Waals surface area contributed by atoms with Crippen LogP contribution in [0.3, 0.4) is 0 Å². The number of hydrogen-bond donors (Lipinski definition) is 2. The molecule has 250 valence electrons. The minimum absolute atomic E-state index is 0.0393. The molecule has 0 spiro atoms. The maximum Gasteiger partial charge on any atom is 0.303 e. The molecular formula is C30H40O15. The van der Waals surface area contributed by atoms with Crippen LogP contribution in [0, 0.1) is 0 Å². The van der Waals surface area contributed by atoms with Crippen molar-refractivity contribution in [3.05, 3.63) is 36.0 Å². The van der Waals surface area contributed by atoms with E-state index < -0.39 is 97.2 Å². The number of hydrogen-bond acceptors (Lipinski definition) is 15. The van der Waals surface area contributed by atoms with Crippen molar-refractivity contribution in [2.75, 3.05) is 13.2 Å². The van der Waals surface area contributed by atoms with Crippen LogP contribution in [0.4, 0.5) is 0 Å². The van der Waals surface area contributed by atoms with Gasteiger partial charge in [0.1, 0.15) is 31.5 Å². The molecule has 0 aromatic heterocycles. The normalized spacial score (nSPS) is 34.5. The number of rotatable bonds is 10. The van der Waals surface area contributed by atoms with Gasteiger partial charge in [-0.25, -0.2) is 0 Å². The Kier molecular flexibility index (Phi) is 12.4. The molecule has 0 radical (unpaired) electrons. The summed E-state index contributed by atoms with van der Waals surface area (Å²) in [6.45, 7) is 6.57. The van der Waals surface area contributed by atoms with Gasteiger partial charge in [-0.15, -0.1) is 0 Å². The third-order valence-electron chi connectivity index (χ3n) is 6.92. The fraction of sp³-hybridized carbons (Fsp3) is 0.633. The van der Waals surface area contributed by atoms with Crippen LogP contribution < -0.4 is 0 Å². The van der Waals surface area contributed by atoms with Gasteiger partial charge >= 0.3 is 29.8 Å². The van der Waals surface area contributed by atoms with E-state index in [0.717, 1.165) is 27.7 Å². The summed E-state index contributed by atoms with van der Waals surface area (Å²) in [6, 6.07) is 0. The number of carbonyl (C=O) groups is 5. The largest absolute Gasteiger partial charge is 0.463 e. The van der Waals surface area contributed by atoms with E-state index in [4.69, 9.17) is 37.9 Å². The van der Waals surface area contributed by atoms with Crippen molar-refractivity contribution >= 4 is 29.8 Å². The number of ether oxygens (including phenoxy) is 8. The van der Waals surface area contributed by atoms with Gasteiger partial charge in [0.2, 0.25) is 0 Å². The predicted molar refractivity (Wildman–Crippen MR) is 150 cm³/mol. The van der Waals surface area contributed by atoms with E-state index in [0.29, 0.717) is 5.57 Å². The maximum atomic E-state index is 12.2. The molecule has 0 bridgehead atoms. The zero-order valence-electron chi connectivity index (χ0n) is 25.9. The topological polar surface area (TPSA) is 200 Å². The van der Waals surface area contributed by atoms with E-state index in [1.54, 1.807) is 25.2 Å². The molecule has 3 rings (SSSR count). The molecule has 2 N–H and O–H groups in total. The summed E-state index contributed by atoms with van der Waals surface area (Å²) in [7, 11) is 0. The van der Waals surface area contributed by atoms with Crippen molar-refractivity contribution in [1.82, 2.24) is 0 Å². The van der Waals surface area contributed by atoms with E-state index in [1.807, 2.05) is 0 Å². The lowest BCUT2D eigenvalue weighted by Gasteiger charge is -2.46. The minimum Gasteiger partial charge on any atom is -0.463 e. The predicted octanol–water partition coefficient (Wildman–Crippen LogP) is 0.340. The number of aliphatic hydroxyl groups excluding tert-OH is 1. The van der Waals surface area contributed by atoms with Gasteiger partial charge in [-0.3, -0.25) is 24.0 Å². The third kappa shape index (κ3) is 10.5. The van der Waals surface area contributed by atoms with Crippen LogP contribution in [0.25, 0.3) is 0 Å². The van der Waals surface area contributed by atoms with E-state index in [1.165, 1.54) is 19.1 Å². The average Bonchev–Trinajstić information content (AvgIpc) is 3.10. The summed E-state index contributed by atoms with van der Waals surface area (Å²) in [5.41, 5.74) is -0.807. The molecule has 0 aromatic rings. The molecule has 2 heterocycles. The van der Waals surface area contributed by atoms with Gasteiger partial charge < -0.3 is 48.1 Å². The Hall–Kier alpha value is -3.63. The average molecular weight is 641 g/mol. The molecule has 15 nitrogen and oxygen atoms in total. The second kappa shape index (κ2) is 15.6. The highest BCUT2D eigenvalue weighted by atomic mass is 16.7. The molecule has 15 heteroatoms. The van der Waals surface area contributed by atoms with Crippen LogP contribution in [0.15, 0.2) is 36.0 Å². The Balaban J connectivity index is 2.00. The molecule has 1 aliphatic carbocycles. The summed E-state index contributed by atoms with van der Waals surface area (Å²) >= 11 is 0. The zero-order chi connectivity index (χ0) is 33.5. The molecule has 2 fully saturated rings. The van der Waals surface area contributed by atoms with Crippen molar-refractivity contribution in [3.8, 4) is 0 Å². The molecule has 2 saturated heterocycles. The van der Waals surface area contributed by atoms with Gasteiger partial charge in [0.05, 0.1) is 17.8 Å². The van der Waals surface area contributed by atoms with Crippen molar-refractivity contribution in [2.24, 2.45) is 0 Å². The monoisotopic (exact) mass is 640 g/mol. The molecule has 2 aliphatic heterocycles. The van der Waals surface area contributed by atoms with Gasteiger partial charge in [0.25, 0.3) is 0 Å². The number of aliphatic hydroxyl groups is 2. The van der Waals surface area contributed by atoms with Gasteiger partial charge in [-0.1, -0.05) is 18.2 Å². The van der Waals surface area contributed by atoms with Crippen LogP contribution in [0.2, 0.25) is 0 Å². The van der Waals surface area contributed by atoms with E-state index >= 15 is 0 Å². The second-order valence-corrected chi connectivity index (χ2v) is 11.0. The summed E-state index contributed by atoms with van der Waals surface area (Å²) < 4.78 is 44.9. The number of carbonyl (C=O) groups excluding carboxylic acids is 5. The first kappa shape index (κ1) is 35.8. The smallest absolute Gasteiger partial charge is 0.303 e. The minimum atomic E-state index is -1.56. The van der Waals surface area contributed by atoms with Crippen molar-refractivity contribution in [1.29, 1.82) is 0 Å². The quantitative estimate of drug-likeness (QED) is 0.244.